The van der Waals surface area contributed by atoms with Crippen molar-refractivity contribution in [3.63, 3.8) is 0 Å². The molecular formula is C20H24ClN5O3. The summed E-state index contributed by atoms with van der Waals surface area (Å²) >= 11 is 0. The van der Waals surface area contributed by atoms with E-state index in [1.807, 2.05) is 35.0 Å². The summed E-state index contributed by atoms with van der Waals surface area (Å²) in [6.07, 6.45) is 1.02. The lowest BCUT2D eigenvalue weighted by Crippen LogP contribution is -2.28. The van der Waals surface area contributed by atoms with Crippen LogP contribution in [0.5, 0.6) is 5.75 Å². The normalized spacial score (nSPS) is 12.7. The van der Waals surface area contributed by atoms with Gasteiger partial charge in [0.15, 0.2) is 5.76 Å². The number of methoxy groups -OCH3 is 1. The van der Waals surface area contributed by atoms with Crippen LogP contribution in [0.15, 0.2) is 40.9 Å². The van der Waals surface area contributed by atoms with Gasteiger partial charge in [-0.2, -0.15) is 5.10 Å². The number of benzene rings is 1. The first-order valence-corrected chi connectivity index (χ1v) is 9.34. The van der Waals surface area contributed by atoms with E-state index in [1.165, 1.54) is 5.69 Å². The number of nitrogens with zero attached hydrogens (tertiary/aromatic N) is 3. The lowest BCUT2D eigenvalue weighted by molar-refractivity contribution is -0.121. The number of aromatic nitrogens is 3. The summed E-state index contributed by atoms with van der Waals surface area (Å²) in [4.78, 5) is 12.2. The Labute approximate surface area is 175 Å². The third kappa shape index (κ3) is 5.16. The second kappa shape index (κ2) is 9.58. The van der Waals surface area contributed by atoms with E-state index in [0.717, 1.165) is 36.6 Å². The van der Waals surface area contributed by atoms with Crippen molar-refractivity contribution < 1.29 is 14.1 Å². The molecule has 2 aromatic heterocycles. The summed E-state index contributed by atoms with van der Waals surface area (Å²) in [5.41, 5.74) is 3.68. The van der Waals surface area contributed by atoms with Crippen molar-refractivity contribution in [2.24, 2.45) is 0 Å². The zero-order chi connectivity index (χ0) is 19.3. The quantitative estimate of drug-likeness (QED) is 0.612. The average molecular weight is 418 g/mol. The highest BCUT2D eigenvalue weighted by atomic mass is 35.5. The maximum Gasteiger partial charge on any atom is 0.220 e. The fraction of sp³-hybridized carbons (Fsp3) is 0.350. The highest BCUT2D eigenvalue weighted by Crippen LogP contribution is 2.24. The number of aryl methyl sites for hydroxylation is 1. The Morgan fingerprint density at radius 2 is 2.21 bits per heavy atom. The van der Waals surface area contributed by atoms with Gasteiger partial charge in [-0.05, 0) is 18.2 Å². The molecule has 154 valence electrons. The molecule has 0 radical (unpaired) electrons. The number of carbonyl (C=O) groups excluding carboxylic acids is 1. The minimum Gasteiger partial charge on any atom is -0.497 e. The zero-order valence-corrected chi connectivity index (χ0v) is 17.0. The molecule has 0 saturated carbocycles. The summed E-state index contributed by atoms with van der Waals surface area (Å²) in [6, 6.07) is 11.5. The van der Waals surface area contributed by atoms with Crippen molar-refractivity contribution in [1.82, 2.24) is 25.6 Å². The van der Waals surface area contributed by atoms with E-state index in [1.54, 1.807) is 7.11 Å². The number of halogens is 1. The van der Waals surface area contributed by atoms with E-state index in [4.69, 9.17) is 9.26 Å². The van der Waals surface area contributed by atoms with E-state index in [0.29, 0.717) is 30.8 Å². The van der Waals surface area contributed by atoms with Crippen molar-refractivity contribution in [2.45, 2.75) is 32.5 Å². The van der Waals surface area contributed by atoms with Crippen LogP contribution in [0.2, 0.25) is 0 Å². The first-order valence-electron chi connectivity index (χ1n) is 9.34. The van der Waals surface area contributed by atoms with Gasteiger partial charge < -0.3 is 19.9 Å². The number of amides is 1. The van der Waals surface area contributed by atoms with E-state index < -0.39 is 0 Å². The van der Waals surface area contributed by atoms with E-state index in [9.17, 15) is 4.79 Å². The number of nitrogens with one attached hydrogen (secondary N) is 2. The van der Waals surface area contributed by atoms with Gasteiger partial charge in [0, 0.05) is 37.6 Å². The molecule has 0 saturated heterocycles. The SMILES string of the molecule is COc1cccc(-c2cc(CNC(=O)CCc3cc4n(n3)CCNC4)no2)c1.Cl. The fourth-order valence-electron chi connectivity index (χ4n) is 3.20. The Kier molecular flexibility index (Phi) is 6.90. The lowest BCUT2D eigenvalue weighted by atomic mass is 10.1. The van der Waals surface area contributed by atoms with Crippen LogP contribution in [0.25, 0.3) is 11.3 Å². The predicted molar refractivity (Wildman–Crippen MR) is 110 cm³/mol. The van der Waals surface area contributed by atoms with Gasteiger partial charge >= 0.3 is 0 Å². The van der Waals surface area contributed by atoms with Crippen molar-refractivity contribution >= 4 is 18.3 Å². The molecule has 8 nitrogen and oxygen atoms in total. The van der Waals surface area contributed by atoms with Gasteiger partial charge in [0.2, 0.25) is 5.91 Å². The fourth-order valence-corrected chi connectivity index (χ4v) is 3.20. The molecule has 1 aliphatic heterocycles. The molecule has 9 heteroatoms. The molecule has 3 heterocycles. The van der Waals surface area contributed by atoms with Gasteiger partial charge in [0.05, 0.1) is 31.6 Å². The highest BCUT2D eigenvalue weighted by Gasteiger charge is 2.13. The Balaban J connectivity index is 0.00000240. The van der Waals surface area contributed by atoms with Crippen LogP contribution in [0.1, 0.15) is 23.5 Å². The number of hydrogen-bond acceptors (Lipinski definition) is 6. The molecule has 0 bridgehead atoms. The van der Waals surface area contributed by atoms with Gasteiger partial charge in [-0.3, -0.25) is 9.48 Å². The Hall–Kier alpha value is -2.84. The second-order valence-corrected chi connectivity index (χ2v) is 6.72. The van der Waals surface area contributed by atoms with Gasteiger partial charge in [0.1, 0.15) is 11.4 Å². The van der Waals surface area contributed by atoms with Crippen molar-refractivity contribution in [3.05, 3.63) is 53.5 Å². The number of hydrogen-bond donors (Lipinski definition) is 2. The Morgan fingerprint density at radius 1 is 1.31 bits per heavy atom. The average Bonchev–Trinajstić information content (AvgIpc) is 3.37. The summed E-state index contributed by atoms with van der Waals surface area (Å²) in [5, 5.41) is 14.8. The maximum atomic E-state index is 12.2. The standard InChI is InChI=1S/C20H23N5O3.ClH/c1-27-18-4-2-3-14(9-18)19-11-16(24-28-19)12-22-20(26)6-5-15-10-17-13-21-7-8-25(17)23-15;/h2-4,9-11,21H,5-8,12-13H2,1H3,(H,22,26);1H. The summed E-state index contributed by atoms with van der Waals surface area (Å²) in [5.74, 6) is 1.36. The van der Waals surface area contributed by atoms with Crippen LogP contribution < -0.4 is 15.4 Å². The second-order valence-electron chi connectivity index (χ2n) is 6.72. The largest absolute Gasteiger partial charge is 0.497 e. The topological polar surface area (TPSA) is 94.2 Å². The molecular weight excluding hydrogens is 394 g/mol. The smallest absolute Gasteiger partial charge is 0.220 e. The maximum absolute atomic E-state index is 12.2. The van der Waals surface area contributed by atoms with Crippen LogP contribution in [0.3, 0.4) is 0 Å². The zero-order valence-electron chi connectivity index (χ0n) is 16.2. The molecule has 3 aromatic rings. The molecule has 2 N–H and O–H groups in total. The Bertz CT molecular complexity index is 945. The van der Waals surface area contributed by atoms with Crippen molar-refractivity contribution in [1.29, 1.82) is 0 Å². The lowest BCUT2D eigenvalue weighted by Gasteiger charge is -2.13. The molecule has 0 unspecified atom stereocenters. The van der Waals surface area contributed by atoms with E-state index in [-0.39, 0.29) is 18.3 Å². The number of ether oxygens (including phenoxy) is 1. The molecule has 0 spiro atoms. The minimum absolute atomic E-state index is 0. The molecule has 0 atom stereocenters. The summed E-state index contributed by atoms with van der Waals surface area (Å²) in [6.45, 7) is 2.98. The predicted octanol–water partition coefficient (Wildman–Crippen LogP) is 2.32. The summed E-state index contributed by atoms with van der Waals surface area (Å²) < 4.78 is 12.6. The number of fused-ring (bicyclic) bond motifs is 1. The first-order chi connectivity index (χ1) is 13.7. The van der Waals surface area contributed by atoms with Gasteiger partial charge in [-0.15, -0.1) is 12.4 Å². The van der Waals surface area contributed by atoms with E-state index >= 15 is 0 Å². The summed E-state index contributed by atoms with van der Waals surface area (Å²) in [7, 11) is 1.62. The minimum atomic E-state index is -0.0324. The van der Waals surface area contributed by atoms with Crippen LogP contribution in [0.4, 0.5) is 0 Å². The van der Waals surface area contributed by atoms with Crippen LogP contribution in [-0.4, -0.2) is 34.5 Å². The van der Waals surface area contributed by atoms with Crippen molar-refractivity contribution in [2.75, 3.05) is 13.7 Å². The monoisotopic (exact) mass is 417 g/mol. The molecule has 29 heavy (non-hydrogen) atoms. The third-order valence-corrected chi connectivity index (χ3v) is 4.71. The van der Waals surface area contributed by atoms with Gasteiger partial charge in [-0.1, -0.05) is 17.3 Å². The van der Waals surface area contributed by atoms with Crippen LogP contribution >= 0.6 is 12.4 Å². The number of rotatable bonds is 7. The molecule has 1 aromatic carbocycles. The molecule has 0 aliphatic carbocycles. The first kappa shape index (κ1) is 20.9. The third-order valence-electron chi connectivity index (χ3n) is 4.71. The van der Waals surface area contributed by atoms with Gasteiger partial charge in [0.25, 0.3) is 0 Å². The highest BCUT2D eigenvalue weighted by molar-refractivity contribution is 5.85. The molecule has 1 aliphatic rings. The van der Waals surface area contributed by atoms with E-state index in [2.05, 4.69) is 27.0 Å². The van der Waals surface area contributed by atoms with Crippen LogP contribution in [0, 0.1) is 0 Å². The van der Waals surface area contributed by atoms with Crippen LogP contribution in [-0.2, 0) is 30.8 Å². The van der Waals surface area contributed by atoms with Gasteiger partial charge in [-0.25, -0.2) is 0 Å². The molecule has 1 amide bonds. The number of carbonyl (C=O) groups is 1. The molecule has 4 rings (SSSR count). The molecule has 0 fully saturated rings. The Morgan fingerprint density at radius 3 is 3.03 bits per heavy atom. The van der Waals surface area contributed by atoms with Crippen molar-refractivity contribution in [3.8, 4) is 17.1 Å².